The molecule has 1 aromatic heterocycles. The van der Waals surface area contributed by atoms with Gasteiger partial charge < -0.3 is 10.1 Å². The lowest BCUT2D eigenvalue weighted by atomic mass is 10.1. The second kappa shape index (κ2) is 4.48. The van der Waals surface area contributed by atoms with Crippen molar-refractivity contribution in [2.45, 2.75) is 19.4 Å². The molecule has 0 aromatic carbocycles. The molecule has 0 spiro atoms. The van der Waals surface area contributed by atoms with E-state index < -0.39 is 0 Å². The van der Waals surface area contributed by atoms with Crippen molar-refractivity contribution in [3.05, 3.63) is 23.8 Å². The van der Waals surface area contributed by atoms with E-state index >= 15 is 0 Å². The molecule has 0 bridgehead atoms. The highest BCUT2D eigenvalue weighted by atomic mass is 16.5. The van der Waals surface area contributed by atoms with Gasteiger partial charge in [0.15, 0.2) is 6.33 Å². The van der Waals surface area contributed by atoms with Crippen molar-refractivity contribution in [3.63, 3.8) is 0 Å². The molecule has 1 unspecified atom stereocenters. The summed E-state index contributed by atoms with van der Waals surface area (Å²) in [7, 11) is 0. The van der Waals surface area contributed by atoms with Gasteiger partial charge in [0.2, 0.25) is 0 Å². The molecule has 4 heteroatoms. The first-order valence-electron chi connectivity index (χ1n) is 4.87. The Kier molecular flexibility index (Phi) is 3.06. The van der Waals surface area contributed by atoms with E-state index in [1.54, 1.807) is 0 Å². The molecule has 2 rings (SSSR count). The predicted octanol–water partition coefficient (Wildman–Crippen LogP) is 0.116. The standard InChI is InChI=1S/C10H14N3O/c1-8-9(5-12-7-13-8)4-10-6-11-2-3-14-10/h5,10-11H,2-4,6H2,1H3. The molecule has 2 heterocycles. The molecule has 1 atom stereocenters. The molecule has 1 aromatic rings. The van der Waals surface area contributed by atoms with E-state index in [-0.39, 0.29) is 6.10 Å². The maximum atomic E-state index is 5.61. The third-order valence-corrected chi connectivity index (χ3v) is 2.41. The van der Waals surface area contributed by atoms with Crippen molar-refractivity contribution in [2.24, 2.45) is 0 Å². The van der Waals surface area contributed by atoms with Gasteiger partial charge in [-0.1, -0.05) is 0 Å². The van der Waals surface area contributed by atoms with Crippen LogP contribution in [-0.4, -0.2) is 35.8 Å². The Balaban J connectivity index is 1.99. The van der Waals surface area contributed by atoms with Crippen molar-refractivity contribution in [2.75, 3.05) is 19.7 Å². The monoisotopic (exact) mass is 192 g/mol. The molecule has 1 fully saturated rings. The Morgan fingerprint density at radius 2 is 2.64 bits per heavy atom. The summed E-state index contributed by atoms with van der Waals surface area (Å²) in [6, 6.07) is 0. The normalized spacial score (nSPS) is 22.2. The number of hydrogen-bond donors (Lipinski definition) is 1. The largest absolute Gasteiger partial charge is 0.375 e. The highest BCUT2D eigenvalue weighted by molar-refractivity contribution is 5.15. The van der Waals surface area contributed by atoms with Crippen molar-refractivity contribution in [3.8, 4) is 0 Å². The molecule has 1 aliphatic heterocycles. The number of nitrogens with zero attached hydrogens (tertiary/aromatic N) is 2. The predicted molar refractivity (Wildman–Crippen MR) is 51.9 cm³/mol. The van der Waals surface area contributed by atoms with E-state index in [1.165, 1.54) is 0 Å². The molecule has 0 aliphatic carbocycles. The Bertz CT molecular complexity index is 297. The van der Waals surface area contributed by atoms with Gasteiger partial charge in [-0.3, -0.25) is 0 Å². The molecule has 0 amide bonds. The van der Waals surface area contributed by atoms with Gasteiger partial charge in [0, 0.05) is 31.4 Å². The van der Waals surface area contributed by atoms with Crippen LogP contribution in [0.15, 0.2) is 6.20 Å². The summed E-state index contributed by atoms with van der Waals surface area (Å²) in [5.41, 5.74) is 2.15. The SMILES string of the molecule is Cc1n[c]ncc1CC1CNCCO1. The van der Waals surface area contributed by atoms with Crippen molar-refractivity contribution >= 4 is 0 Å². The van der Waals surface area contributed by atoms with Crippen LogP contribution in [0, 0.1) is 13.3 Å². The zero-order valence-electron chi connectivity index (χ0n) is 8.29. The summed E-state index contributed by atoms with van der Waals surface area (Å²) in [6.07, 6.45) is 5.54. The minimum Gasteiger partial charge on any atom is -0.375 e. The number of morpholine rings is 1. The fraction of sp³-hybridized carbons (Fsp3) is 0.600. The Morgan fingerprint density at radius 3 is 3.36 bits per heavy atom. The van der Waals surface area contributed by atoms with Gasteiger partial charge in [-0.25, -0.2) is 9.97 Å². The maximum absolute atomic E-state index is 5.61. The molecule has 75 valence electrons. The summed E-state index contributed by atoms with van der Waals surface area (Å²) >= 11 is 0. The first-order chi connectivity index (χ1) is 6.86. The first-order valence-corrected chi connectivity index (χ1v) is 4.87. The van der Waals surface area contributed by atoms with Crippen LogP contribution in [0.3, 0.4) is 0 Å². The average Bonchev–Trinajstić information content (AvgIpc) is 2.23. The molecule has 4 nitrogen and oxygen atoms in total. The quantitative estimate of drug-likeness (QED) is 0.722. The lowest BCUT2D eigenvalue weighted by molar-refractivity contribution is 0.0290. The van der Waals surface area contributed by atoms with E-state index in [1.807, 2.05) is 13.1 Å². The number of nitrogens with one attached hydrogen (secondary N) is 1. The van der Waals surface area contributed by atoms with Crippen molar-refractivity contribution in [1.29, 1.82) is 0 Å². The van der Waals surface area contributed by atoms with E-state index in [0.717, 1.165) is 37.4 Å². The van der Waals surface area contributed by atoms with Gasteiger partial charge in [0.25, 0.3) is 0 Å². The van der Waals surface area contributed by atoms with Crippen LogP contribution >= 0.6 is 0 Å². The zero-order valence-corrected chi connectivity index (χ0v) is 8.29. The molecular weight excluding hydrogens is 178 g/mol. The van der Waals surface area contributed by atoms with Crippen LogP contribution in [0.4, 0.5) is 0 Å². The fourth-order valence-corrected chi connectivity index (χ4v) is 1.57. The number of hydrogen-bond acceptors (Lipinski definition) is 4. The maximum Gasteiger partial charge on any atom is 0.197 e. The third-order valence-electron chi connectivity index (χ3n) is 2.41. The van der Waals surface area contributed by atoms with E-state index in [9.17, 15) is 0 Å². The average molecular weight is 192 g/mol. The van der Waals surface area contributed by atoms with Crippen molar-refractivity contribution in [1.82, 2.24) is 15.3 Å². The van der Waals surface area contributed by atoms with Crippen LogP contribution in [0.5, 0.6) is 0 Å². The van der Waals surface area contributed by atoms with E-state index in [2.05, 4.69) is 21.6 Å². The molecule has 1 N–H and O–H groups in total. The summed E-state index contributed by atoms with van der Waals surface area (Å²) in [6.45, 7) is 4.64. The number of aromatic nitrogens is 2. The molecule has 1 saturated heterocycles. The molecule has 0 saturated carbocycles. The van der Waals surface area contributed by atoms with Crippen LogP contribution in [0.2, 0.25) is 0 Å². The highest BCUT2D eigenvalue weighted by Crippen LogP contribution is 2.08. The number of rotatable bonds is 2. The van der Waals surface area contributed by atoms with Gasteiger partial charge in [0.1, 0.15) is 0 Å². The van der Waals surface area contributed by atoms with Gasteiger partial charge in [-0.05, 0) is 12.5 Å². The van der Waals surface area contributed by atoms with E-state index in [4.69, 9.17) is 4.74 Å². The summed E-state index contributed by atoms with van der Waals surface area (Å²) < 4.78 is 5.61. The van der Waals surface area contributed by atoms with Crippen LogP contribution in [-0.2, 0) is 11.2 Å². The smallest absolute Gasteiger partial charge is 0.197 e. The lowest BCUT2D eigenvalue weighted by Crippen LogP contribution is -2.39. The number of ether oxygens (including phenoxy) is 1. The highest BCUT2D eigenvalue weighted by Gasteiger charge is 2.15. The van der Waals surface area contributed by atoms with Crippen LogP contribution in [0.25, 0.3) is 0 Å². The van der Waals surface area contributed by atoms with E-state index in [0.29, 0.717) is 0 Å². The van der Waals surface area contributed by atoms with Crippen LogP contribution in [0.1, 0.15) is 11.3 Å². The topological polar surface area (TPSA) is 47.0 Å². The second-order valence-electron chi connectivity index (χ2n) is 3.48. The number of aryl methyl sites for hydroxylation is 1. The van der Waals surface area contributed by atoms with Gasteiger partial charge in [-0.15, -0.1) is 0 Å². The summed E-state index contributed by atoms with van der Waals surface area (Å²) in [4.78, 5) is 7.93. The second-order valence-corrected chi connectivity index (χ2v) is 3.48. The fourth-order valence-electron chi connectivity index (χ4n) is 1.57. The van der Waals surface area contributed by atoms with Gasteiger partial charge >= 0.3 is 0 Å². The minimum absolute atomic E-state index is 0.258. The third kappa shape index (κ3) is 2.27. The molecular formula is C10H14N3O. The summed E-state index contributed by atoms with van der Waals surface area (Å²) in [5.74, 6) is 0. The van der Waals surface area contributed by atoms with Crippen LogP contribution < -0.4 is 5.32 Å². The molecule has 1 radical (unpaired) electrons. The Morgan fingerprint density at radius 1 is 1.71 bits per heavy atom. The summed E-state index contributed by atoms with van der Waals surface area (Å²) in [5, 5.41) is 3.30. The first kappa shape index (κ1) is 9.55. The van der Waals surface area contributed by atoms with Gasteiger partial charge in [0.05, 0.1) is 12.7 Å². The molecule has 14 heavy (non-hydrogen) atoms. The lowest BCUT2D eigenvalue weighted by Gasteiger charge is -2.23. The Labute approximate surface area is 83.7 Å². The van der Waals surface area contributed by atoms with Gasteiger partial charge in [-0.2, -0.15) is 0 Å². The molecule has 1 aliphatic rings. The Hall–Kier alpha value is -1.00. The zero-order chi connectivity index (χ0) is 9.80. The van der Waals surface area contributed by atoms with Crippen molar-refractivity contribution < 1.29 is 4.74 Å². The minimum atomic E-state index is 0.258.